The van der Waals surface area contributed by atoms with Crippen LogP contribution in [0, 0.1) is 22.2 Å². The number of halogens is 1. The predicted molar refractivity (Wildman–Crippen MR) is 99.4 cm³/mol. The third-order valence-electron chi connectivity index (χ3n) is 5.23. The first-order chi connectivity index (χ1) is 11.1. The molecular weight excluding hydrogens is 320 g/mol. The molecule has 4 heteroatoms. The van der Waals surface area contributed by atoms with Gasteiger partial charge in [0.15, 0.2) is 0 Å². The summed E-state index contributed by atoms with van der Waals surface area (Å²) in [5.41, 5.74) is 1.80. The molecule has 0 bridgehead atoms. The second-order valence-electron chi connectivity index (χ2n) is 7.84. The van der Waals surface area contributed by atoms with Crippen LogP contribution in [0.25, 0.3) is 0 Å². The van der Waals surface area contributed by atoms with Gasteiger partial charge < -0.3 is 10.1 Å². The molecule has 0 radical (unpaired) electrons. The molecule has 130 valence electrons. The minimum absolute atomic E-state index is 0.00209. The molecule has 0 amide bonds. The van der Waals surface area contributed by atoms with Gasteiger partial charge in [0.05, 0.1) is 10.6 Å². The number of nitrogens with one attached hydrogen (secondary N) is 1. The van der Waals surface area contributed by atoms with Gasteiger partial charge in [0.1, 0.15) is 17.9 Å². The zero-order valence-electron chi connectivity index (χ0n) is 15.4. The summed E-state index contributed by atoms with van der Waals surface area (Å²) in [5.74, 6) is 0.716. The Morgan fingerprint density at radius 3 is 2.46 bits per heavy atom. The largest absolute Gasteiger partial charge is 0.489 e. The van der Waals surface area contributed by atoms with Gasteiger partial charge in [-0.2, -0.15) is 5.26 Å². The zero-order valence-corrected chi connectivity index (χ0v) is 16.2. The van der Waals surface area contributed by atoms with Gasteiger partial charge in [0.2, 0.25) is 0 Å². The molecular formula is C20H27ClN2O. The molecule has 2 rings (SSSR count). The van der Waals surface area contributed by atoms with Crippen molar-refractivity contribution in [2.24, 2.45) is 10.8 Å². The van der Waals surface area contributed by atoms with Gasteiger partial charge in [-0.3, -0.25) is 0 Å². The molecule has 24 heavy (non-hydrogen) atoms. The molecule has 1 aliphatic carbocycles. The number of hydrogen-bond acceptors (Lipinski definition) is 3. The number of benzene rings is 1. The monoisotopic (exact) mass is 346 g/mol. The highest BCUT2D eigenvalue weighted by atomic mass is 35.5. The third-order valence-corrected chi connectivity index (χ3v) is 5.55. The van der Waals surface area contributed by atoms with Crippen molar-refractivity contribution in [3.05, 3.63) is 40.4 Å². The maximum atomic E-state index is 8.99. The van der Waals surface area contributed by atoms with E-state index in [-0.39, 0.29) is 16.9 Å². The first-order valence-corrected chi connectivity index (χ1v) is 8.73. The summed E-state index contributed by atoms with van der Waals surface area (Å²) in [6.07, 6.45) is 2.20. The fourth-order valence-electron chi connectivity index (χ4n) is 4.11. The van der Waals surface area contributed by atoms with Crippen LogP contribution in [0.2, 0.25) is 5.02 Å². The first-order valence-electron chi connectivity index (χ1n) is 8.36. The lowest BCUT2D eigenvalue weighted by Crippen LogP contribution is -2.74. The highest BCUT2D eigenvalue weighted by Gasteiger charge is 2.63. The summed E-state index contributed by atoms with van der Waals surface area (Å²) in [7, 11) is 0. The average Bonchev–Trinajstić information content (AvgIpc) is 2.51. The van der Waals surface area contributed by atoms with Gasteiger partial charge in [-0.15, -0.1) is 0 Å². The van der Waals surface area contributed by atoms with Crippen LogP contribution in [0.5, 0.6) is 5.75 Å². The van der Waals surface area contributed by atoms with Gasteiger partial charge in [-0.25, -0.2) is 0 Å². The molecule has 0 spiro atoms. The fourth-order valence-corrected chi connectivity index (χ4v) is 4.33. The quantitative estimate of drug-likeness (QED) is 0.767. The third kappa shape index (κ3) is 3.31. The minimum Gasteiger partial charge on any atom is -0.489 e. The van der Waals surface area contributed by atoms with E-state index in [1.54, 1.807) is 12.1 Å². The smallest absolute Gasteiger partial charge is 0.121 e. The predicted octanol–water partition coefficient (Wildman–Crippen LogP) is 4.95. The Labute approximate surface area is 150 Å². The Kier molecular flexibility index (Phi) is 5.32. The Balaban J connectivity index is 2.14. The summed E-state index contributed by atoms with van der Waals surface area (Å²) in [5, 5.41) is 13.1. The normalized spacial score (nSPS) is 24.8. The zero-order chi connectivity index (χ0) is 18.1. The summed E-state index contributed by atoms with van der Waals surface area (Å²) >= 11 is 6.12. The minimum atomic E-state index is -0.00209. The SMILES string of the molecule is C/C=C(\C)CNC1C(C)(C)C(Oc2ccc(C#N)c(Cl)c2)C1(C)C. The molecule has 1 aromatic carbocycles. The van der Waals surface area contributed by atoms with E-state index < -0.39 is 0 Å². The van der Waals surface area contributed by atoms with Crippen LogP contribution in [0.1, 0.15) is 47.1 Å². The summed E-state index contributed by atoms with van der Waals surface area (Å²) in [6.45, 7) is 14.0. The maximum Gasteiger partial charge on any atom is 0.121 e. The van der Waals surface area contributed by atoms with E-state index in [2.05, 4.69) is 59.0 Å². The van der Waals surface area contributed by atoms with Crippen LogP contribution < -0.4 is 10.1 Å². The molecule has 3 nitrogen and oxygen atoms in total. The fraction of sp³-hybridized carbons (Fsp3) is 0.550. The molecule has 1 aromatic rings. The summed E-state index contributed by atoms with van der Waals surface area (Å²) in [6, 6.07) is 7.70. The number of nitrogens with zero attached hydrogens (tertiary/aromatic N) is 1. The highest BCUT2D eigenvalue weighted by molar-refractivity contribution is 6.31. The van der Waals surface area contributed by atoms with Gasteiger partial charge >= 0.3 is 0 Å². The number of ether oxygens (including phenoxy) is 1. The van der Waals surface area contributed by atoms with Gasteiger partial charge in [0.25, 0.3) is 0 Å². The lowest BCUT2D eigenvalue weighted by Gasteiger charge is -2.63. The topological polar surface area (TPSA) is 45.0 Å². The molecule has 0 atom stereocenters. The van der Waals surface area contributed by atoms with Crippen molar-refractivity contribution >= 4 is 11.6 Å². The molecule has 1 saturated carbocycles. The van der Waals surface area contributed by atoms with Crippen molar-refractivity contribution in [3.8, 4) is 11.8 Å². The molecule has 0 saturated heterocycles. The van der Waals surface area contributed by atoms with E-state index in [1.165, 1.54) is 5.57 Å². The standard InChI is InChI=1S/C20H27ClN2O/c1-7-13(2)12-23-17-19(3,4)18(20(17,5)6)24-15-9-8-14(11-22)16(21)10-15/h7-10,17-18,23H,12H2,1-6H3/b13-7+. The van der Waals surface area contributed by atoms with Crippen molar-refractivity contribution in [1.82, 2.24) is 5.32 Å². The summed E-state index contributed by atoms with van der Waals surface area (Å²) in [4.78, 5) is 0. The van der Waals surface area contributed by atoms with Crippen LogP contribution in [0.3, 0.4) is 0 Å². The van der Waals surface area contributed by atoms with Gasteiger partial charge in [-0.05, 0) is 26.0 Å². The maximum absolute atomic E-state index is 8.99. The first kappa shape index (κ1) is 18.8. The average molecular weight is 347 g/mol. The summed E-state index contributed by atoms with van der Waals surface area (Å²) < 4.78 is 6.28. The van der Waals surface area contributed by atoms with Crippen LogP contribution >= 0.6 is 11.6 Å². The Bertz CT molecular complexity index is 669. The lowest BCUT2D eigenvalue weighted by molar-refractivity contribution is -0.167. The van der Waals surface area contributed by atoms with Crippen LogP contribution in [-0.4, -0.2) is 18.7 Å². The molecule has 1 N–H and O–H groups in total. The molecule has 0 aromatic heterocycles. The Morgan fingerprint density at radius 2 is 1.96 bits per heavy atom. The molecule has 1 fully saturated rings. The van der Waals surface area contributed by atoms with Gasteiger partial charge in [0, 0.05) is 29.5 Å². The van der Waals surface area contributed by atoms with E-state index in [0.29, 0.717) is 22.4 Å². The Morgan fingerprint density at radius 1 is 1.33 bits per heavy atom. The molecule has 0 unspecified atom stereocenters. The van der Waals surface area contributed by atoms with Crippen molar-refractivity contribution in [2.45, 2.75) is 53.7 Å². The van der Waals surface area contributed by atoms with Crippen molar-refractivity contribution in [3.63, 3.8) is 0 Å². The molecule has 0 heterocycles. The highest BCUT2D eigenvalue weighted by Crippen LogP contribution is 2.55. The van der Waals surface area contributed by atoms with E-state index in [4.69, 9.17) is 21.6 Å². The molecule has 1 aliphatic rings. The van der Waals surface area contributed by atoms with E-state index in [9.17, 15) is 0 Å². The number of nitriles is 1. The Hall–Kier alpha value is -1.50. The van der Waals surface area contributed by atoms with Gasteiger partial charge in [-0.1, -0.05) is 50.9 Å². The van der Waals surface area contributed by atoms with E-state index in [0.717, 1.165) is 6.54 Å². The van der Waals surface area contributed by atoms with Crippen LogP contribution in [0.4, 0.5) is 0 Å². The molecule has 0 aliphatic heterocycles. The van der Waals surface area contributed by atoms with Crippen molar-refractivity contribution in [1.29, 1.82) is 5.26 Å². The van der Waals surface area contributed by atoms with Crippen LogP contribution in [-0.2, 0) is 0 Å². The van der Waals surface area contributed by atoms with Crippen molar-refractivity contribution in [2.75, 3.05) is 6.54 Å². The van der Waals surface area contributed by atoms with Crippen molar-refractivity contribution < 1.29 is 4.74 Å². The number of rotatable bonds is 5. The number of hydrogen-bond donors (Lipinski definition) is 1. The van der Waals surface area contributed by atoms with Crippen LogP contribution in [0.15, 0.2) is 29.8 Å². The second kappa shape index (κ2) is 6.78. The van der Waals surface area contributed by atoms with E-state index in [1.807, 2.05) is 6.07 Å². The lowest BCUT2D eigenvalue weighted by atomic mass is 9.49. The van der Waals surface area contributed by atoms with E-state index >= 15 is 0 Å². The number of allylic oxidation sites excluding steroid dienone is 1. The second-order valence-corrected chi connectivity index (χ2v) is 8.25.